The molecule has 0 N–H and O–H groups in total. The van der Waals surface area contributed by atoms with Crippen LogP contribution in [-0.4, -0.2) is 0 Å². The molecule has 4 aromatic rings. The minimum Gasteiger partial charge on any atom is -0.289 e. The van der Waals surface area contributed by atoms with E-state index >= 15 is 0 Å². The zero-order chi connectivity index (χ0) is 18.1. The van der Waals surface area contributed by atoms with Crippen LogP contribution in [0.15, 0.2) is 89.7 Å². The summed E-state index contributed by atoms with van der Waals surface area (Å²) in [5.41, 5.74) is 5.91. The number of hydrogen-bond acceptors (Lipinski definition) is 1. The summed E-state index contributed by atoms with van der Waals surface area (Å²) in [4.78, 5) is 13.4. The summed E-state index contributed by atoms with van der Waals surface area (Å²) in [6.07, 6.45) is 0. The van der Waals surface area contributed by atoms with Gasteiger partial charge in [-0.15, -0.1) is 0 Å². The fourth-order valence-electron chi connectivity index (χ4n) is 3.36. The van der Waals surface area contributed by atoms with Crippen molar-refractivity contribution < 1.29 is 0 Å². The molecule has 0 saturated heterocycles. The minimum absolute atomic E-state index is 0.0638. The van der Waals surface area contributed by atoms with E-state index in [1.54, 1.807) is 0 Å². The maximum Gasteiger partial charge on any atom is 0.194 e. The average molecular weight is 336 g/mol. The molecule has 0 aliphatic rings. The van der Waals surface area contributed by atoms with Crippen LogP contribution in [0.2, 0.25) is 0 Å². The van der Waals surface area contributed by atoms with Gasteiger partial charge in [0.1, 0.15) is 0 Å². The fourth-order valence-corrected chi connectivity index (χ4v) is 3.36. The quantitative estimate of drug-likeness (QED) is 0.429. The van der Waals surface area contributed by atoms with Crippen LogP contribution in [0.3, 0.4) is 0 Å². The van der Waals surface area contributed by atoms with Crippen molar-refractivity contribution in [3.8, 4) is 22.3 Å². The highest BCUT2D eigenvalue weighted by Gasteiger charge is 2.11. The molecule has 0 aromatic heterocycles. The molecule has 126 valence electrons. The summed E-state index contributed by atoms with van der Waals surface area (Å²) in [5, 5.41) is 2.18. The van der Waals surface area contributed by atoms with Gasteiger partial charge in [-0.1, -0.05) is 72.8 Å². The summed E-state index contributed by atoms with van der Waals surface area (Å²) >= 11 is 0. The second kappa shape index (κ2) is 6.61. The van der Waals surface area contributed by atoms with Gasteiger partial charge in [-0.2, -0.15) is 0 Å². The normalized spacial score (nSPS) is 10.8. The van der Waals surface area contributed by atoms with Crippen molar-refractivity contribution >= 4 is 10.8 Å². The molecule has 4 aromatic carbocycles. The molecular weight excluding hydrogens is 316 g/mol. The highest BCUT2D eigenvalue weighted by atomic mass is 16.1. The van der Waals surface area contributed by atoms with Gasteiger partial charge < -0.3 is 0 Å². The highest BCUT2D eigenvalue weighted by molar-refractivity contribution is 5.91. The van der Waals surface area contributed by atoms with Gasteiger partial charge in [0, 0.05) is 11.1 Å². The maximum absolute atomic E-state index is 13.4. The second-order valence-corrected chi connectivity index (χ2v) is 6.74. The summed E-state index contributed by atoms with van der Waals surface area (Å²) in [6, 6.07) is 28.2. The molecule has 26 heavy (non-hydrogen) atoms. The molecule has 0 unspecified atom stereocenters. The monoisotopic (exact) mass is 336 g/mol. The molecule has 0 aliphatic heterocycles. The first-order valence-electron chi connectivity index (χ1n) is 8.83. The smallest absolute Gasteiger partial charge is 0.194 e. The van der Waals surface area contributed by atoms with Crippen molar-refractivity contribution in [2.24, 2.45) is 0 Å². The zero-order valence-corrected chi connectivity index (χ0v) is 15.0. The largest absolute Gasteiger partial charge is 0.289 e. The Morgan fingerprint density at radius 1 is 0.538 bits per heavy atom. The van der Waals surface area contributed by atoms with E-state index in [4.69, 9.17) is 0 Å². The Hall–Kier alpha value is -3.19. The van der Waals surface area contributed by atoms with Crippen LogP contribution in [0.25, 0.3) is 33.0 Å². The molecule has 4 rings (SSSR count). The van der Waals surface area contributed by atoms with E-state index in [1.165, 1.54) is 11.1 Å². The first-order chi connectivity index (χ1) is 12.6. The van der Waals surface area contributed by atoms with Gasteiger partial charge in [0.25, 0.3) is 0 Å². The average Bonchev–Trinajstić information content (AvgIpc) is 2.81. The van der Waals surface area contributed by atoms with E-state index in [-0.39, 0.29) is 5.43 Å². The molecule has 1 nitrogen and oxygen atoms in total. The third-order valence-electron chi connectivity index (χ3n) is 4.96. The predicted molar refractivity (Wildman–Crippen MR) is 111 cm³/mol. The van der Waals surface area contributed by atoms with Crippen LogP contribution >= 0.6 is 0 Å². The second-order valence-electron chi connectivity index (χ2n) is 6.74. The highest BCUT2D eigenvalue weighted by Crippen LogP contribution is 2.27. The van der Waals surface area contributed by atoms with Crippen LogP contribution < -0.4 is 5.43 Å². The summed E-state index contributed by atoms with van der Waals surface area (Å²) < 4.78 is 0. The molecule has 0 saturated carbocycles. The van der Waals surface area contributed by atoms with Crippen molar-refractivity contribution in [2.45, 2.75) is 13.8 Å². The molecule has 0 aliphatic carbocycles. The van der Waals surface area contributed by atoms with Crippen LogP contribution in [0.1, 0.15) is 11.1 Å². The number of rotatable bonds is 2. The third kappa shape index (κ3) is 2.93. The molecule has 0 heterocycles. The molecule has 0 spiro atoms. The van der Waals surface area contributed by atoms with Crippen molar-refractivity contribution in [1.82, 2.24) is 0 Å². The number of hydrogen-bond donors (Lipinski definition) is 0. The van der Waals surface area contributed by atoms with Gasteiger partial charge in [0.05, 0.1) is 0 Å². The Morgan fingerprint density at radius 2 is 0.923 bits per heavy atom. The van der Waals surface area contributed by atoms with E-state index < -0.39 is 0 Å². The Balaban J connectivity index is 2.16. The topological polar surface area (TPSA) is 17.1 Å². The van der Waals surface area contributed by atoms with Gasteiger partial charge in [0.15, 0.2) is 5.43 Å². The molecule has 0 amide bonds. The van der Waals surface area contributed by atoms with Crippen molar-refractivity contribution in [2.75, 3.05) is 0 Å². The lowest BCUT2D eigenvalue weighted by atomic mass is 10.0. The first-order valence-corrected chi connectivity index (χ1v) is 8.83. The van der Waals surface area contributed by atoms with E-state index in [0.29, 0.717) is 0 Å². The first kappa shape index (κ1) is 16.3. The van der Waals surface area contributed by atoms with E-state index in [2.05, 4.69) is 26.0 Å². The lowest BCUT2D eigenvalue weighted by Gasteiger charge is -2.02. The lowest BCUT2D eigenvalue weighted by Crippen LogP contribution is -2.04. The minimum atomic E-state index is 0.0638. The van der Waals surface area contributed by atoms with Gasteiger partial charge in [-0.25, -0.2) is 0 Å². The summed E-state index contributed by atoms with van der Waals surface area (Å²) in [6.45, 7) is 4.22. The van der Waals surface area contributed by atoms with Crippen molar-refractivity contribution in [3.05, 3.63) is 106 Å². The lowest BCUT2D eigenvalue weighted by molar-refractivity contribution is 1.37. The van der Waals surface area contributed by atoms with Gasteiger partial charge >= 0.3 is 0 Å². The molecule has 0 atom stereocenters. The van der Waals surface area contributed by atoms with Gasteiger partial charge in [0.2, 0.25) is 0 Å². The van der Waals surface area contributed by atoms with E-state index in [0.717, 1.165) is 33.0 Å². The summed E-state index contributed by atoms with van der Waals surface area (Å²) in [7, 11) is 0. The van der Waals surface area contributed by atoms with Crippen molar-refractivity contribution in [3.63, 3.8) is 0 Å². The Kier molecular flexibility index (Phi) is 4.14. The van der Waals surface area contributed by atoms with Crippen LogP contribution in [0.5, 0.6) is 0 Å². The number of fused-ring (bicyclic) bond motifs is 1. The fraction of sp³-hybridized carbons (Fsp3) is 0.0800. The van der Waals surface area contributed by atoms with Gasteiger partial charge in [-0.3, -0.25) is 4.79 Å². The van der Waals surface area contributed by atoms with Crippen LogP contribution in [0.4, 0.5) is 0 Å². The van der Waals surface area contributed by atoms with E-state index in [9.17, 15) is 4.79 Å². The Morgan fingerprint density at radius 3 is 1.31 bits per heavy atom. The zero-order valence-electron chi connectivity index (χ0n) is 15.0. The predicted octanol–water partition coefficient (Wildman–Crippen LogP) is 6.15. The molecule has 0 bridgehead atoms. The number of benzene rings is 3. The van der Waals surface area contributed by atoms with Crippen molar-refractivity contribution in [1.29, 1.82) is 0 Å². The van der Waals surface area contributed by atoms with Gasteiger partial charge in [-0.05, 0) is 59.0 Å². The SMILES string of the molecule is Cc1cc2cc(-c3ccccc3)c(=O)c(-c3ccccc3)cc2cc1C. The third-order valence-corrected chi connectivity index (χ3v) is 4.96. The Bertz CT molecular complexity index is 1050. The summed E-state index contributed by atoms with van der Waals surface area (Å²) in [5.74, 6) is 0. The maximum atomic E-state index is 13.4. The van der Waals surface area contributed by atoms with E-state index in [1.807, 2.05) is 72.8 Å². The molecule has 0 fully saturated rings. The van der Waals surface area contributed by atoms with Crippen LogP contribution in [0, 0.1) is 13.8 Å². The number of aryl methyl sites for hydroxylation is 2. The van der Waals surface area contributed by atoms with Crippen LogP contribution in [-0.2, 0) is 0 Å². The Labute approximate surface area is 153 Å². The molecular formula is C25H20O. The standard InChI is InChI=1S/C25H20O/c1-17-13-21-15-23(19-9-5-3-6-10-19)25(26)24(16-22(21)14-18(17)2)20-11-7-4-8-12-20/h3-16H,1-2H3. The molecule has 0 radical (unpaired) electrons. The molecule has 1 heteroatoms.